The Bertz CT molecular complexity index is 627. The molecule has 22 heavy (non-hydrogen) atoms. The number of thioether (sulfide) groups is 1. The van der Waals surface area contributed by atoms with Crippen LogP contribution in [0.4, 0.5) is 5.69 Å². The zero-order valence-corrected chi connectivity index (χ0v) is 14.5. The van der Waals surface area contributed by atoms with E-state index >= 15 is 0 Å². The van der Waals surface area contributed by atoms with Crippen molar-refractivity contribution in [2.45, 2.75) is 18.1 Å². The lowest BCUT2D eigenvalue weighted by atomic mass is 10.1. The molecule has 3 nitrogen and oxygen atoms in total. The maximum atomic E-state index is 12.4. The molecular weight excluding hydrogens is 336 g/mol. The number of nitrogens with one attached hydrogen (secondary N) is 1. The summed E-state index contributed by atoms with van der Waals surface area (Å²) in [5, 5.41) is 5.11. The van der Waals surface area contributed by atoms with E-state index in [9.17, 15) is 4.79 Å². The number of thiophene rings is 1. The largest absolute Gasteiger partial charge is 0.399 e. The number of hydrogen-bond donors (Lipinski definition) is 2. The SMILES string of the molecule is Cl.Nc1ccc(CCNC(=O)C2SCCc3sccc32)cc1. The molecule has 1 aliphatic rings. The molecule has 1 atom stereocenters. The van der Waals surface area contributed by atoms with E-state index < -0.39 is 0 Å². The molecule has 118 valence electrons. The molecule has 1 unspecified atom stereocenters. The molecule has 3 N–H and O–H groups in total. The van der Waals surface area contributed by atoms with Gasteiger partial charge in [-0.05, 0) is 53.3 Å². The van der Waals surface area contributed by atoms with Crippen molar-refractivity contribution in [3.63, 3.8) is 0 Å². The molecule has 0 spiro atoms. The Hall–Kier alpha value is -1.17. The Morgan fingerprint density at radius 1 is 1.27 bits per heavy atom. The van der Waals surface area contributed by atoms with Gasteiger partial charge in [-0.3, -0.25) is 4.79 Å². The van der Waals surface area contributed by atoms with Gasteiger partial charge in [0.15, 0.2) is 0 Å². The van der Waals surface area contributed by atoms with Gasteiger partial charge < -0.3 is 11.1 Å². The Kier molecular flexibility index (Phi) is 6.17. The molecule has 0 saturated carbocycles. The van der Waals surface area contributed by atoms with Crippen LogP contribution in [0.15, 0.2) is 35.7 Å². The van der Waals surface area contributed by atoms with E-state index in [2.05, 4.69) is 16.8 Å². The third-order valence-corrected chi connectivity index (χ3v) is 5.84. The number of carbonyl (C=O) groups is 1. The quantitative estimate of drug-likeness (QED) is 0.827. The van der Waals surface area contributed by atoms with Gasteiger partial charge in [0.1, 0.15) is 5.25 Å². The monoisotopic (exact) mass is 354 g/mol. The minimum atomic E-state index is -0.0357. The van der Waals surface area contributed by atoms with Crippen LogP contribution in [0.2, 0.25) is 0 Å². The molecule has 2 aromatic rings. The molecule has 0 bridgehead atoms. The van der Waals surface area contributed by atoms with Crippen molar-refractivity contribution in [3.8, 4) is 0 Å². The number of nitrogen functional groups attached to an aromatic ring is 1. The van der Waals surface area contributed by atoms with Crippen LogP contribution in [0.1, 0.15) is 21.3 Å². The zero-order valence-electron chi connectivity index (χ0n) is 12.1. The van der Waals surface area contributed by atoms with Crippen LogP contribution < -0.4 is 11.1 Å². The molecule has 1 aromatic heterocycles. The maximum Gasteiger partial charge on any atom is 0.237 e. The van der Waals surface area contributed by atoms with E-state index in [4.69, 9.17) is 5.73 Å². The molecule has 1 aliphatic heterocycles. The predicted octanol–water partition coefficient (Wildman–Crippen LogP) is 3.44. The summed E-state index contributed by atoms with van der Waals surface area (Å²) in [5.41, 5.74) is 8.84. The number of fused-ring (bicyclic) bond motifs is 1. The number of benzene rings is 1. The topological polar surface area (TPSA) is 55.1 Å². The number of nitrogens with two attached hydrogens (primary N) is 1. The lowest BCUT2D eigenvalue weighted by Crippen LogP contribution is -2.31. The van der Waals surface area contributed by atoms with E-state index in [0.717, 1.165) is 24.3 Å². The van der Waals surface area contributed by atoms with Gasteiger partial charge in [0, 0.05) is 17.1 Å². The average Bonchev–Trinajstić information content (AvgIpc) is 2.97. The standard InChI is InChI=1S/C16H18N2OS2.ClH/c17-12-3-1-11(2-4-12)5-8-18-16(19)15-13-6-9-20-14(13)7-10-21-15;/h1-4,6,9,15H,5,7-8,10,17H2,(H,18,19);1H. The summed E-state index contributed by atoms with van der Waals surface area (Å²) in [6, 6.07) is 9.90. The molecule has 3 rings (SSSR count). The molecule has 0 radical (unpaired) electrons. The molecule has 0 fully saturated rings. The Balaban J connectivity index is 0.00000176. The number of aryl methyl sites for hydroxylation is 1. The molecule has 1 aromatic carbocycles. The van der Waals surface area contributed by atoms with Crippen molar-refractivity contribution in [2.75, 3.05) is 18.0 Å². The lowest BCUT2D eigenvalue weighted by Gasteiger charge is -2.21. The smallest absolute Gasteiger partial charge is 0.237 e. The minimum absolute atomic E-state index is 0. The fourth-order valence-corrected chi connectivity index (χ4v) is 4.79. The summed E-state index contributed by atoms with van der Waals surface area (Å²) in [6.07, 6.45) is 1.92. The molecule has 2 heterocycles. The van der Waals surface area contributed by atoms with Gasteiger partial charge in [-0.15, -0.1) is 35.5 Å². The van der Waals surface area contributed by atoms with Crippen molar-refractivity contribution < 1.29 is 4.79 Å². The maximum absolute atomic E-state index is 12.4. The van der Waals surface area contributed by atoms with Crippen LogP contribution in [0.3, 0.4) is 0 Å². The van der Waals surface area contributed by atoms with Crippen LogP contribution in [-0.4, -0.2) is 18.2 Å². The van der Waals surface area contributed by atoms with E-state index in [1.807, 2.05) is 24.3 Å². The van der Waals surface area contributed by atoms with E-state index in [0.29, 0.717) is 6.54 Å². The third kappa shape index (κ3) is 3.97. The van der Waals surface area contributed by atoms with Crippen molar-refractivity contribution in [2.24, 2.45) is 0 Å². The summed E-state index contributed by atoms with van der Waals surface area (Å²) < 4.78 is 0. The minimum Gasteiger partial charge on any atom is -0.399 e. The number of rotatable bonds is 4. The van der Waals surface area contributed by atoms with Crippen LogP contribution in [0.5, 0.6) is 0 Å². The van der Waals surface area contributed by atoms with E-state index in [1.54, 1.807) is 23.1 Å². The van der Waals surface area contributed by atoms with Crippen molar-refractivity contribution >= 4 is 47.1 Å². The fraction of sp³-hybridized carbons (Fsp3) is 0.312. The van der Waals surface area contributed by atoms with Crippen LogP contribution >= 0.6 is 35.5 Å². The summed E-state index contributed by atoms with van der Waals surface area (Å²) in [4.78, 5) is 13.7. The summed E-state index contributed by atoms with van der Waals surface area (Å²) >= 11 is 3.51. The van der Waals surface area contributed by atoms with Crippen molar-refractivity contribution in [1.29, 1.82) is 0 Å². The number of anilines is 1. The fourth-order valence-electron chi connectivity index (χ4n) is 2.47. The highest BCUT2D eigenvalue weighted by Crippen LogP contribution is 2.39. The second-order valence-electron chi connectivity index (χ2n) is 5.08. The Morgan fingerprint density at radius 2 is 2.05 bits per heavy atom. The van der Waals surface area contributed by atoms with Crippen LogP contribution in [0.25, 0.3) is 0 Å². The van der Waals surface area contributed by atoms with Crippen molar-refractivity contribution in [3.05, 3.63) is 51.7 Å². The predicted molar refractivity (Wildman–Crippen MR) is 98.0 cm³/mol. The van der Waals surface area contributed by atoms with Gasteiger partial charge in [0.05, 0.1) is 0 Å². The van der Waals surface area contributed by atoms with Gasteiger partial charge in [-0.2, -0.15) is 0 Å². The normalized spacial score (nSPS) is 16.5. The highest BCUT2D eigenvalue weighted by Gasteiger charge is 2.27. The first-order valence-corrected chi connectivity index (χ1v) is 8.97. The summed E-state index contributed by atoms with van der Waals surface area (Å²) in [5.74, 6) is 1.17. The zero-order chi connectivity index (χ0) is 14.7. The first kappa shape index (κ1) is 17.2. The lowest BCUT2D eigenvalue weighted by molar-refractivity contribution is -0.120. The van der Waals surface area contributed by atoms with Gasteiger partial charge in [-0.25, -0.2) is 0 Å². The number of amides is 1. The highest BCUT2D eigenvalue weighted by atomic mass is 35.5. The first-order valence-electron chi connectivity index (χ1n) is 7.04. The number of hydrogen-bond acceptors (Lipinski definition) is 4. The summed E-state index contributed by atoms with van der Waals surface area (Å²) in [7, 11) is 0. The van der Waals surface area contributed by atoms with Crippen LogP contribution in [0, 0.1) is 0 Å². The molecule has 1 amide bonds. The Labute approximate surface area is 145 Å². The summed E-state index contributed by atoms with van der Waals surface area (Å²) in [6.45, 7) is 0.666. The first-order chi connectivity index (χ1) is 10.2. The van der Waals surface area contributed by atoms with Gasteiger partial charge in [0.2, 0.25) is 5.91 Å². The molecule has 0 aliphatic carbocycles. The van der Waals surface area contributed by atoms with Gasteiger partial charge >= 0.3 is 0 Å². The number of carbonyl (C=O) groups excluding carboxylic acids is 1. The molecule has 0 saturated heterocycles. The van der Waals surface area contributed by atoms with Crippen LogP contribution in [-0.2, 0) is 17.6 Å². The second kappa shape index (κ2) is 7.90. The van der Waals surface area contributed by atoms with Gasteiger partial charge in [-0.1, -0.05) is 12.1 Å². The molecular formula is C16H19ClN2OS2. The van der Waals surface area contributed by atoms with Crippen molar-refractivity contribution in [1.82, 2.24) is 5.32 Å². The highest BCUT2D eigenvalue weighted by molar-refractivity contribution is 8.00. The average molecular weight is 355 g/mol. The van der Waals surface area contributed by atoms with E-state index in [-0.39, 0.29) is 23.6 Å². The van der Waals surface area contributed by atoms with Gasteiger partial charge in [0.25, 0.3) is 0 Å². The second-order valence-corrected chi connectivity index (χ2v) is 7.30. The Morgan fingerprint density at radius 3 is 2.82 bits per heavy atom. The third-order valence-electron chi connectivity index (χ3n) is 3.61. The number of halogens is 1. The molecule has 6 heteroatoms. The van der Waals surface area contributed by atoms with E-state index in [1.165, 1.54) is 16.0 Å².